The summed E-state index contributed by atoms with van der Waals surface area (Å²) >= 11 is 0. The molecule has 4 atom stereocenters. The van der Waals surface area contributed by atoms with Crippen LogP contribution < -0.4 is 14.8 Å². The first-order valence-corrected chi connectivity index (χ1v) is 10.1. The molecule has 0 saturated heterocycles. The van der Waals surface area contributed by atoms with Crippen molar-refractivity contribution >= 4 is 0 Å². The molecule has 156 valence electrons. The van der Waals surface area contributed by atoms with E-state index >= 15 is 0 Å². The van der Waals surface area contributed by atoms with E-state index in [1.54, 1.807) is 12.1 Å². The van der Waals surface area contributed by atoms with Crippen molar-refractivity contribution in [2.45, 2.75) is 50.1 Å². The monoisotopic (exact) mass is 406 g/mol. The van der Waals surface area contributed by atoms with Crippen molar-refractivity contribution in [2.75, 3.05) is 13.1 Å². The van der Waals surface area contributed by atoms with Crippen LogP contribution in [-0.2, 0) is 12.8 Å². The van der Waals surface area contributed by atoms with Gasteiger partial charge in [0.25, 0.3) is 0 Å². The third-order valence-corrected chi connectivity index (χ3v) is 5.67. The number of nitrogens with two attached hydrogens (primary N) is 1. The van der Waals surface area contributed by atoms with Crippen LogP contribution >= 0.6 is 0 Å². The van der Waals surface area contributed by atoms with E-state index in [0.717, 1.165) is 11.1 Å². The number of hydrogen-bond acceptors (Lipinski definition) is 4. The standard InChI is InChI=1S/C22H25F2NO4/c23-15-3-7-19-13(9-15)1-5-21(28-19)17(26)11-25-12-18(27)22-6-2-14-10-16(24)4-8-20(14)29-22/h3-4,7-10,17-18,21-22,25-27H,1-2,5-6,11-12H2/p+1. The Kier molecular flexibility index (Phi) is 5.99. The van der Waals surface area contributed by atoms with E-state index in [1.165, 1.54) is 24.3 Å². The molecule has 0 amide bonds. The smallest absolute Gasteiger partial charge is 0.139 e. The van der Waals surface area contributed by atoms with Crippen molar-refractivity contribution in [3.05, 3.63) is 59.2 Å². The second-order valence-corrected chi connectivity index (χ2v) is 7.79. The molecule has 29 heavy (non-hydrogen) atoms. The number of quaternary nitrogens is 1. The average molecular weight is 406 g/mol. The van der Waals surface area contributed by atoms with Crippen molar-refractivity contribution in [3.63, 3.8) is 0 Å². The maximum atomic E-state index is 13.3. The second kappa shape index (κ2) is 8.65. The highest BCUT2D eigenvalue weighted by atomic mass is 19.1. The van der Waals surface area contributed by atoms with Gasteiger partial charge in [-0.1, -0.05) is 0 Å². The predicted octanol–water partition coefficient (Wildman–Crippen LogP) is 1.34. The van der Waals surface area contributed by atoms with Gasteiger partial charge >= 0.3 is 0 Å². The van der Waals surface area contributed by atoms with Crippen LogP contribution in [0.1, 0.15) is 24.0 Å². The third-order valence-electron chi connectivity index (χ3n) is 5.67. The molecule has 2 aliphatic rings. The minimum absolute atomic E-state index is 0.286. The molecule has 2 aromatic rings. The molecule has 4 unspecified atom stereocenters. The minimum atomic E-state index is -0.698. The first kappa shape index (κ1) is 20.1. The first-order chi connectivity index (χ1) is 14.0. The zero-order chi connectivity index (χ0) is 20.4. The lowest BCUT2D eigenvalue weighted by atomic mass is 9.98. The van der Waals surface area contributed by atoms with Gasteiger partial charge in [-0.25, -0.2) is 8.78 Å². The molecule has 0 bridgehead atoms. The highest BCUT2D eigenvalue weighted by molar-refractivity contribution is 5.36. The van der Waals surface area contributed by atoms with Crippen molar-refractivity contribution in [3.8, 4) is 11.5 Å². The van der Waals surface area contributed by atoms with Gasteiger partial charge in [0.2, 0.25) is 0 Å². The van der Waals surface area contributed by atoms with Crippen molar-refractivity contribution in [2.24, 2.45) is 0 Å². The van der Waals surface area contributed by atoms with Gasteiger partial charge in [-0.2, -0.15) is 0 Å². The van der Waals surface area contributed by atoms with E-state index in [-0.39, 0.29) is 23.8 Å². The zero-order valence-electron chi connectivity index (χ0n) is 16.1. The number of aliphatic hydroxyl groups excluding tert-OH is 2. The fraction of sp³-hybridized carbons (Fsp3) is 0.455. The maximum absolute atomic E-state index is 13.3. The molecule has 0 radical (unpaired) electrons. The normalized spacial score (nSPS) is 22.6. The van der Waals surface area contributed by atoms with E-state index in [0.29, 0.717) is 50.3 Å². The van der Waals surface area contributed by atoms with E-state index in [1.807, 2.05) is 5.32 Å². The van der Waals surface area contributed by atoms with Crippen LogP contribution in [0.2, 0.25) is 0 Å². The molecule has 2 aliphatic heterocycles. The molecule has 0 fully saturated rings. The van der Waals surface area contributed by atoms with Gasteiger partial charge in [-0.05, 0) is 73.2 Å². The Morgan fingerprint density at radius 1 is 0.828 bits per heavy atom. The van der Waals surface area contributed by atoms with Crippen LogP contribution in [0.3, 0.4) is 0 Å². The lowest BCUT2D eigenvalue weighted by Crippen LogP contribution is -2.89. The van der Waals surface area contributed by atoms with E-state index in [9.17, 15) is 19.0 Å². The molecule has 0 aliphatic carbocycles. The Hall–Kier alpha value is -2.22. The highest BCUT2D eigenvalue weighted by Crippen LogP contribution is 2.30. The Labute approximate surface area is 168 Å². The van der Waals surface area contributed by atoms with E-state index < -0.39 is 12.2 Å². The summed E-state index contributed by atoms with van der Waals surface area (Å²) < 4.78 is 38.2. The summed E-state index contributed by atoms with van der Waals surface area (Å²) in [6.45, 7) is 0.763. The molecule has 2 aromatic carbocycles. The summed E-state index contributed by atoms with van der Waals surface area (Å²) in [5.74, 6) is 0.664. The number of rotatable bonds is 6. The Morgan fingerprint density at radius 2 is 1.28 bits per heavy atom. The zero-order valence-corrected chi connectivity index (χ0v) is 16.1. The highest BCUT2D eigenvalue weighted by Gasteiger charge is 2.30. The Bertz CT molecular complexity index is 793. The number of ether oxygens (including phenoxy) is 2. The van der Waals surface area contributed by atoms with Gasteiger partial charge in [0.1, 0.15) is 60.6 Å². The second-order valence-electron chi connectivity index (χ2n) is 7.79. The summed E-state index contributed by atoms with van der Waals surface area (Å²) in [4.78, 5) is 0. The molecule has 0 saturated carbocycles. The van der Waals surface area contributed by atoms with Crippen LogP contribution in [0.25, 0.3) is 0 Å². The lowest BCUT2D eigenvalue weighted by Gasteiger charge is -2.30. The largest absolute Gasteiger partial charge is 0.487 e. The van der Waals surface area contributed by atoms with E-state index in [4.69, 9.17) is 9.47 Å². The summed E-state index contributed by atoms with van der Waals surface area (Å²) in [6, 6.07) is 8.84. The molecule has 7 heteroatoms. The molecule has 0 aromatic heterocycles. The molecule has 4 N–H and O–H groups in total. The third kappa shape index (κ3) is 4.69. The fourth-order valence-electron chi connectivity index (χ4n) is 4.04. The quantitative estimate of drug-likeness (QED) is 0.677. The number of benzene rings is 2. The Morgan fingerprint density at radius 3 is 1.72 bits per heavy atom. The van der Waals surface area contributed by atoms with Gasteiger partial charge in [-0.3, -0.25) is 0 Å². The maximum Gasteiger partial charge on any atom is 0.139 e. The average Bonchev–Trinajstić information content (AvgIpc) is 2.72. The van der Waals surface area contributed by atoms with Crippen molar-refractivity contribution in [1.29, 1.82) is 0 Å². The fourth-order valence-corrected chi connectivity index (χ4v) is 4.04. The lowest BCUT2D eigenvalue weighted by molar-refractivity contribution is -0.668. The summed E-state index contributed by atoms with van der Waals surface area (Å²) in [5.41, 5.74) is 1.64. The number of aliphatic hydroxyl groups is 2. The van der Waals surface area contributed by atoms with E-state index in [2.05, 4.69) is 0 Å². The van der Waals surface area contributed by atoms with Gasteiger partial charge in [-0.15, -0.1) is 0 Å². The van der Waals surface area contributed by atoms with Crippen LogP contribution in [0.4, 0.5) is 8.78 Å². The molecular formula is C22H26F2NO4+. The van der Waals surface area contributed by atoms with Gasteiger partial charge in [0, 0.05) is 0 Å². The summed E-state index contributed by atoms with van der Waals surface area (Å²) in [7, 11) is 0. The summed E-state index contributed by atoms with van der Waals surface area (Å²) in [6.07, 6.45) is 0.455. The van der Waals surface area contributed by atoms with Crippen LogP contribution in [0.15, 0.2) is 36.4 Å². The molecular weight excluding hydrogens is 380 g/mol. The SMILES string of the molecule is OC(C[NH2+]CC(O)C1CCc2cc(F)ccc2O1)C1CCc2cc(F)ccc2O1. The number of hydrogen-bond donors (Lipinski definition) is 3. The van der Waals surface area contributed by atoms with Crippen LogP contribution in [-0.4, -0.2) is 47.7 Å². The van der Waals surface area contributed by atoms with Gasteiger partial charge in [0.05, 0.1) is 0 Å². The number of aryl methyl sites for hydroxylation is 2. The first-order valence-electron chi connectivity index (χ1n) is 10.1. The van der Waals surface area contributed by atoms with Gasteiger partial charge in [0.15, 0.2) is 0 Å². The van der Waals surface area contributed by atoms with Crippen molar-refractivity contribution in [1.82, 2.24) is 0 Å². The van der Waals surface area contributed by atoms with Crippen molar-refractivity contribution < 1.29 is 33.8 Å². The van der Waals surface area contributed by atoms with Crippen LogP contribution in [0.5, 0.6) is 11.5 Å². The Balaban J connectivity index is 1.24. The van der Waals surface area contributed by atoms with Gasteiger partial charge < -0.3 is 25.0 Å². The molecule has 2 heterocycles. The summed E-state index contributed by atoms with van der Waals surface area (Å²) in [5, 5.41) is 22.8. The number of fused-ring (bicyclic) bond motifs is 2. The molecule has 4 rings (SSSR count). The predicted molar refractivity (Wildman–Crippen MR) is 102 cm³/mol. The topological polar surface area (TPSA) is 75.5 Å². The molecule has 0 spiro atoms. The number of halogens is 2. The molecule has 5 nitrogen and oxygen atoms in total. The minimum Gasteiger partial charge on any atom is -0.487 e. The van der Waals surface area contributed by atoms with Crippen LogP contribution in [0, 0.1) is 11.6 Å².